The predicted molar refractivity (Wildman–Crippen MR) is 137 cm³/mol. The van der Waals surface area contributed by atoms with Crippen molar-refractivity contribution in [3.05, 3.63) is 45.4 Å². The van der Waals surface area contributed by atoms with Crippen LogP contribution in [0.5, 0.6) is 0 Å². The fourth-order valence-corrected chi connectivity index (χ4v) is 4.90. The number of rotatable bonds is 10. The van der Waals surface area contributed by atoms with E-state index in [1.54, 1.807) is 18.5 Å². The second kappa shape index (κ2) is 10.4. The number of aryl methyl sites for hydroxylation is 3. The quantitative estimate of drug-likeness (QED) is 0.427. The van der Waals surface area contributed by atoms with Crippen LogP contribution in [0, 0.1) is 13.8 Å². The van der Waals surface area contributed by atoms with Crippen LogP contribution in [0.15, 0.2) is 23.1 Å². The Labute approximate surface area is 197 Å². The maximum atomic E-state index is 13.7. The third kappa shape index (κ3) is 4.90. The van der Waals surface area contributed by atoms with Gasteiger partial charge >= 0.3 is 0 Å². The maximum absolute atomic E-state index is 13.7. The van der Waals surface area contributed by atoms with Gasteiger partial charge in [0.05, 0.1) is 11.9 Å². The summed E-state index contributed by atoms with van der Waals surface area (Å²) >= 11 is 0. The normalized spacial score (nSPS) is 11.4. The van der Waals surface area contributed by atoms with Crippen molar-refractivity contribution in [2.75, 3.05) is 18.0 Å². The van der Waals surface area contributed by atoms with Crippen LogP contribution in [0.3, 0.4) is 0 Å². The summed E-state index contributed by atoms with van der Waals surface area (Å²) in [7, 11) is 1.80. The van der Waals surface area contributed by atoms with Gasteiger partial charge in [-0.1, -0.05) is 39.3 Å². The number of Topliss-reactive ketones (excluding diaryl/α,β-unsaturated/α-hetero) is 1. The third-order valence-corrected chi connectivity index (χ3v) is 6.14. The zero-order valence-electron chi connectivity index (χ0n) is 21.3. The minimum atomic E-state index is -0.0686. The lowest BCUT2D eigenvalue weighted by Gasteiger charge is -2.24. The molecule has 0 aliphatic carbocycles. The van der Waals surface area contributed by atoms with Crippen LogP contribution < -0.4 is 10.5 Å². The fourth-order valence-electron chi connectivity index (χ4n) is 4.90. The van der Waals surface area contributed by atoms with Crippen molar-refractivity contribution >= 4 is 22.8 Å². The first-order valence-corrected chi connectivity index (χ1v) is 12.2. The van der Waals surface area contributed by atoms with E-state index in [4.69, 9.17) is 4.98 Å². The number of carbonyl (C=O) groups excluding carboxylic acids is 1. The second-order valence-corrected chi connectivity index (χ2v) is 9.19. The molecule has 0 N–H and O–H groups in total. The van der Waals surface area contributed by atoms with Gasteiger partial charge < -0.3 is 9.47 Å². The summed E-state index contributed by atoms with van der Waals surface area (Å²) in [4.78, 5) is 33.0. The summed E-state index contributed by atoms with van der Waals surface area (Å²) in [5, 5.41) is 0.588. The first-order chi connectivity index (χ1) is 15.7. The van der Waals surface area contributed by atoms with Gasteiger partial charge in [-0.25, -0.2) is 0 Å². The molecule has 0 fully saturated rings. The number of ketones is 1. The predicted octanol–water partition coefficient (Wildman–Crippen LogP) is 5.19. The summed E-state index contributed by atoms with van der Waals surface area (Å²) in [5.74, 6) is 0.700. The van der Waals surface area contributed by atoms with Gasteiger partial charge in [-0.2, -0.15) is 4.98 Å². The first kappa shape index (κ1) is 24.7. The lowest BCUT2D eigenvalue weighted by Crippen LogP contribution is -2.33. The molecule has 2 heterocycles. The lowest BCUT2D eigenvalue weighted by atomic mass is 9.92. The first-order valence-electron chi connectivity index (χ1n) is 12.2. The molecule has 0 saturated carbocycles. The van der Waals surface area contributed by atoms with Crippen LogP contribution in [0.25, 0.3) is 22.2 Å². The molecule has 6 heteroatoms. The molecule has 0 saturated heterocycles. The number of aromatic nitrogens is 3. The molecule has 0 aliphatic heterocycles. The average molecular weight is 451 g/mol. The highest BCUT2D eigenvalue weighted by atomic mass is 16.1. The fraction of sp³-hybridized carbons (Fsp3) is 0.519. The number of benzene rings is 1. The van der Waals surface area contributed by atoms with Crippen molar-refractivity contribution in [2.45, 2.75) is 73.8 Å². The Morgan fingerprint density at radius 1 is 1.03 bits per heavy atom. The molecule has 2 aromatic heterocycles. The Morgan fingerprint density at radius 2 is 1.64 bits per heavy atom. The molecular formula is C27H38N4O2. The molecule has 0 unspecified atom stereocenters. The van der Waals surface area contributed by atoms with Gasteiger partial charge in [0.15, 0.2) is 5.65 Å². The van der Waals surface area contributed by atoms with E-state index < -0.39 is 0 Å². The molecule has 0 spiro atoms. The molecule has 0 amide bonds. The van der Waals surface area contributed by atoms with Crippen molar-refractivity contribution < 1.29 is 4.79 Å². The van der Waals surface area contributed by atoms with Gasteiger partial charge in [-0.15, -0.1) is 0 Å². The van der Waals surface area contributed by atoms with Gasteiger partial charge in [0.25, 0.3) is 5.56 Å². The zero-order valence-corrected chi connectivity index (χ0v) is 21.3. The van der Waals surface area contributed by atoms with E-state index in [0.717, 1.165) is 61.0 Å². The van der Waals surface area contributed by atoms with E-state index in [1.807, 2.05) is 10.8 Å². The van der Waals surface area contributed by atoms with E-state index >= 15 is 0 Å². The van der Waals surface area contributed by atoms with Crippen LogP contribution in [0.2, 0.25) is 0 Å². The number of anilines is 1. The summed E-state index contributed by atoms with van der Waals surface area (Å²) in [5.41, 5.74) is 6.05. The zero-order chi connectivity index (χ0) is 24.3. The molecule has 3 aromatic rings. The highest BCUT2D eigenvalue weighted by molar-refractivity contribution is 5.96. The Bertz CT molecular complexity index is 1190. The summed E-state index contributed by atoms with van der Waals surface area (Å²) in [6, 6.07) is 4.44. The molecule has 0 bridgehead atoms. The standard InChI is InChI=1S/C27H38N4O2/c1-8-11-21-14-18(4)23(19(5)15-21)22-17-31(16-20(6)32)25-24(22)26(33)29(7)27(28-25)30(12-9-2)13-10-3/h14-15,17H,8-13,16H2,1-7H3. The molecule has 0 radical (unpaired) electrons. The van der Waals surface area contributed by atoms with Crippen LogP contribution >= 0.6 is 0 Å². The molecule has 1 aromatic carbocycles. The Balaban J connectivity index is 2.34. The number of carbonyl (C=O) groups is 1. The lowest BCUT2D eigenvalue weighted by molar-refractivity contribution is -0.117. The molecule has 33 heavy (non-hydrogen) atoms. The Kier molecular flexibility index (Phi) is 7.77. The molecule has 0 atom stereocenters. The summed E-state index contributed by atoms with van der Waals surface area (Å²) in [6.45, 7) is 14.1. The highest BCUT2D eigenvalue weighted by Gasteiger charge is 2.23. The Morgan fingerprint density at radius 3 is 2.15 bits per heavy atom. The minimum absolute atomic E-state index is 0.0354. The van der Waals surface area contributed by atoms with Crippen LogP contribution in [0.4, 0.5) is 5.95 Å². The van der Waals surface area contributed by atoms with Gasteiger partial charge in [0.1, 0.15) is 5.78 Å². The summed E-state index contributed by atoms with van der Waals surface area (Å²) < 4.78 is 3.53. The second-order valence-electron chi connectivity index (χ2n) is 9.19. The third-order valence-electron chi connectivity index (χ3n) is 6.14. The van der Waals surface area contributed by atoms with Crippen LogP contribution in [0.1, 0.15) is 63.6 Å². The number of fused-ring (bicyclic) bond motifs is 1. The van der Waals surface area contributed by atoms with Crippen molar-refractivity contribution in [1.29, 1.82) is 0 Å². The Hall–Kier alpha value is -2.89. The van der Waals surface area contributed by atoms with E-state index in [-0.39, 0.29) is 17.9 Å². The molecule has 178 valence electrons. The summed E-state index contributed by atoms with van der Waals surface area (Å²) in [6.07, 6.45) is 6.01. The minimum Gasteiger partial charge on any atom is -0.342 e. The van der Waals surface area contributed by atoms with Gasteiger partial charge in [-0.3, -0.25) is 14.2 Å². The molecule has 0 aliphatic rings. The van der Waals surface area contributed by atoms with Crippen molar-refractivity contribution in [1.82, 2.24) is 14.1 Å². The monoisotopic (exact) mass is 450 g/mol. The average Bonchev–Trinajstić information content (AvgIpc) is 3.07. The van der Waals surface area contributed by atoms with Crippen molar-refractivity contribution in [3.8, 4) is 11.1 Å². The maximum Gasteiger partial charge on any atom is 0.264 e. The van der Waals surface area contributed by atoms with Crippen molar-refractivity contribution in [3.63, 3.8) is 0 Å². The van der Waals surface area contributed by atoms with E-state index in [9.17, 15) is 9.59 Å². The number of nitrogens with zero attached hydrogens (tertiary/aromatic N) is 4. The number of hydrogen-bond acceptors (Lipinski definition) is 4. The van der Waals surface area contributed by atoms with Gasteiger partial charge in [0.2, 0.25) is 5.95 Å². The molecular weight excluding hydrogens is 412 g/mol. The van der Waals surface area contributed by atoms with E-state index in [0.29, 0.717) is 17.0 Å². The number of hydrogen-bond donors (Lipinski definition) is 0. The van der Waals surface area contributed by atoms with Gasteiger partial charge in [-0.05, 0) is 62.3 Å². The molecule has 6 nitrogen and oxygen atoms in total. The van der Waals surface area contributed by atoms with Crippen molar-refractivity contribution in [2.24, 2.45) is 7.05 Å². The van der Waals surface area contributed by atoms with E-state index in [1.165, 1.54) is 5.56 Å². The topological polar surface area (TPSA) is 60.1 Å². The highest BCUT2D eigenvalue weighted by Crippen LogP contribution is 2.34. The van der Waals surface area contributed by atoms with Gasteiger partial charge in [0, 0.05) is 31.9 Å². The smallest absolute Gasteiger partial charge is 0.264 e. The SMILES string of the molecule is CCCc1cc(C)c(-c2cn(CC(C)=O)c3nc(N(CCC)CCC)n(C)c(=O)c23)c(C)c1. The molecule has 3 rings (SSSR count). The largest absolute Gasteiger partial charge is 0.342 e. The van der Waals surface area contributed by atoms with E-state index in [2.05, 4.69) is 51.7 Å². The van der Waals surface area contributed by atoms with Crippen LogP contribution in [-0.2, 0) is 24.8 Å². The van der Waals surface area contributed by atoms with Crippen LogP contribution in [-0.4, -0.2) is 33.0 Å².